The maximum absolute atomic E-state index is 12.4. The summed E-state index contributed by atoms with van der Waals surface area (Å²) >= 11 is 0. The van der Waals surface area contributed by atoms with Crippen LogP contribution in [-0.4, -0.2) is 24.4 Å². The van der Waals surface area contributed by atoms with Crippen molar-refractivity contribution in [3.63, 3.8) is 0 Å². The minimum atomic E-state index is -2.37. The second-order valence-corrected chi connectivity index (χ2v) is 5.46. The number of hydrogen-bond acceptors (Lipinski definition) is 2. The molecular formula is C16H20F2N2. The molecule has 0 saturated carbocycles. The first-order valence-electron chi connectivity index (χ1n) is 7.13. The molecule has 1 aliphatic rings. The van der Waals surface area contributed by atoms with Crippen LogP contribution in [0, 0.1) is 23.2 Å². The van der Waals surface area contributed by atoms with Crippen molar-refractivity contribution in [2.75, 3.05) is 13.1 Å². The van der Waals surface area contributed by atoms with Crippen LogP contribution in [0.2, 0.25) is 0 Å². The lowest BCUT2D eigenvalue weighted by Gasteiger charge is -2.33. The molecular weight excluding hydrogens is 258 g/mol. The summed E-state index contributed by atoms with van der Waals surface area (Å²) < 4.78 is 24.9. The SMILES string of the molecule is N#CC(CC(F)F)C1CCN(Cc2ccccc2)CC1. The second kappa shape index (κ2) is 7.35. The van der Waals surface area contributed by atoms with E-state index >= 15 is 0 Å². The lowest BCUT2D eigenvalue weighted by atomic mass is 9.83. The number of alkyl halides is 2. The van der Waals surface area contributed by atoms with Crippen LogP contribution in [0.3, 0.4) is 0 Å². The van der Waals surface area contributed by atoms with Gasteiger partial charge in [-0.25, -0.2) is 8.78 Å². The van der Waals surface area contributed by atoms with Gasteiger partial charge >= 0.3 is 0 Å². The number of piperidine rings is 1. The molecule has 0 bridgehead atoms. The van der Waals surface area contributed by atoms with Crippen molar-refractivity contribution in [2.45, 2.75) is 32.2 Å². The van der Waals surface area contributed by atoms with E-state index in [4.69, 9.17) is 5.26 Å². The standard InChI is InChI=1S/C16H20F2N2/c17-16(18)10-15(11-19)14-6-8-20(9-7-14)12-13-4-2-1-3-5-13/h1-5,14-16H,6-10,12H2. The Bertz CT molecular complexity index is 434. The fraction of sp³-hybridized carbons (Fsp3) is 0.562. The lowest BCUT2D eigenvalue weighted by Crippen LogP contribution is -2.35. The van der Waals surface area contributed by atoms with E-state index in [1.165, 1.54) is 5.56 Å². The van der Waals surface area contributed by atoms with Gasteiger partial charge in [0.15, 0.2) is 0 Å². The van der Waals surface area contributed by atoms with Crippen LogP contribution in [0.5, 0.6) is 0 Å². The highest BCUT2D eigenvalue weighted by atomic mass is 19.3. The number of nitrogens with zero attached hydrogens (tertiary/aromatic N) is 2. The van der Waals surface area contributed by atoms with Crippen LogP contribution in [-0.2, 0) is 6.54 Å². The van der Waals surface area contributed by atoms with E-state index in [2.05, 4.69) is 23.1 Å². The van der Waals surface area contributed by atoms with Crippen molar-refractivity contribution < 1.29 is 8.78 Å². The van der Waals surface area contributed by atoms with Gasteiger partial charge in [0.1, 0.15) is 0 Å². The van der Waals surface area contributed by atoms with Gasteiger partial charge in [-0.1, -0.05) is 30.3 Å². The summed E-state index contributed by atoms with van der Waals surface area (Å²) in [6.45, 7) is 2.68. The maximum atomic E-state index is 12.4. The Kier molecular flexibility index (Phi) is 5.49. The van der Waals surface area contributed by atoms with Crippen LogP contribution < -0.4 is 0 Å². The van der Waals surface area contributed by atoms with Gasteiger partial charge < -0.3 is 0 Å². The molecule has 0 radical (unpaired) electrons. The quantitative estimate of drug-likeness (QED) is 0.821. The largest absolute Gasteiger partial charge is 0.299 e. The Labute approximate surface area is 119 Å². The molecule has 20 heavy (non-hydrogen) atoms. The molecule has 1 unspecified atom stereocenters. The molecule has 0 aromatic heterocycles. The van der Waals surface area contributed by atoms with Crippen molar-refractivity contribution in [1.82, 2.24) is 4.90 Å². The molecule has 0 N–H and O–H groups in total. The molecule has 2 nitrogen and oxygen atoms in total. The van der Waals surface area contributed by atoms with Gasteiger partial charge in [-0.3, -0.25) is 4.90 Å². The molecule has 1 atom stereocenters. The first-order valence-corrected chi connectivity index (χ1v) is 7.13. The fourth-order valence-corrected chi connectivity index (χ4v) is 2.90. The summed E-state index contributed by atoms with van der Waals surface area (Å²) in [5.41, 5.74) is 1.27. The maximum Gasteiger partial charge on any atom is 0.239 e. The van der Waals surface area contributed by atoms with Gasteiger partial charge in [-0.2, -0.15) is 5.26 Å². The molecule has 1 aromatic rings. The van der Waals surface area contributed by atoms with E-state index in [1.807, 2.05) is 18.2 Å². The summed E-state index contributed by atoms with van der Waals surface area (Å²) in [6.07, 6.45) is -0.961. The van der Waals surface area contributed by atoms with E-state index in [0.717, 1.165) is 32.5 Å². The lowest BCUT2D eigenvalue weighted by molar-refractivity contribution is 0.0908. The minimum absolute atomic E-state index is 0.126. The van der Waals surface area contributed by atoms with Gasteiger partial charge in [0.05, 0.1) is 12.0 Å². The van der Waals surface area contributed by atoms with Crippen molar-refractivity contribution in [2.24, 2.45) is 11.8 Å². The monoisotopic (exact) mass is 278 g/mol. The molecule has 1 aliphatic heterocycles. The van der Waals surface area contributed by atoms with E-state index in [1.54, 1.807) is 0 Å². The molecule has 0 aliphatic carbocycles. The Morgan fingerprint density at radius 3 is 2.40 bits per heavy atom. The number of nitriles is 1. The molecule has 4 heteroatoms. The van der Waals surface area contributed by atoms with Crippen LogP contribution in [0.4, 0.5) is 8.78 Å². The van der Waals surface area contributed by atoms with Gasteiger partial charge in [-0.05, 0) is 37.4 Å². The van der Waals surface area contributed by atoms with Crippen LogP contribution in [0.25, 0.3) is 0 Å². The highest BCUT2D eigenvalue weighted by Gasteiger charge is 2.28. The Morgan fingerprint density at radius 2 is 1.85 bits per heavy atom. The number of rotatable bonds is 5. The average Bonchev–Trinajstić information content (AvgIpc) is 2.46. The van der Waals surface area contributed by atoms with Gasteiger partial charge in [0, 0.05) is 13.0 Å². The number of hydrogen-bond donors (Lipinski definition) is 0. The topological polar surface area (TPSA) is 27.0 Å². The molecule has 1 saturated heterocycles. The van der Waals surface area contributed by atoms with E-state index in [9.17, 15) is 8.78 Å². The third-order valence-corrected chi connectivity index (χ3v) is 4.05. The molecule has 1 fully saturated rings. The number of benzene rings is 1. The summed E-state index contributed by atoms with van der Waals surface area (Å²) in [6, 6.07) is 12.3. The Morgan fingerprint density at radius 1 is 1.20 bits per heavy atom. The summed E-state index contributed by atoms with van der Waals surface area (Å²) in [7, 11) is 0. The zero-order valence-electron chi connectivity index (χ0n) is 11.5. The molecule has 2 rings (SSSR count). The predicted molar refractivity (Wildman–Crippen MR) is 74.2 cm³/mol. The smallest absolute Gasteiger partial charge is 0.239 e. The highest BCUT2D eigenvalue weighted by molar-refractivity contribution is 5.14. The fourth-order valence-electron chi connectivity index (χ4n) is 2.90. The molecule has 0 amide bonds. The van der Waals surface area contributed by atoms with Crippen molar-refractivity contribution in [3.05, 3.63) is 35.9 Å². The predicted octanol–water partition coefficient (Wildman–Crippen LogP) is 3.69. The first kappa shape index (κ1) is 14.9. The zero-order valence-corrected chi connectivity index (χ0v) is 11.5. The molecule has 108 valence electrons. The minimum Gasteiger partial charge on any atom is -0.299 e. The molecule has 1 heterocycles. The molecule has 0 spiro atoms. The summed E-state index contributed by atoms with van der Waals surface area (Å²) in [5, 5.41) is 9.03. The van der Waals surface area contributed by atoms with E-state index < -0.39 is 12.3 Å². The average molecular weight is 278 g/mol. The van der Waals surface area contributed by atoms with Gasteiger partial charge in [0.2, 0.25) is 6.43 Å². The Hall–Kier alpha value is -1.47. The second-order valence-electron chi connectivity index (χ2n) is 5.46. The van der Waals surface area contributed by atoms with Gasteiger partial charge in [-0.15, -0.1) is 0 Å². The van der Waals surface area contributed by atoms with E-state index in [-0.39, 0.29) is 12.3 Å². The van der Waals surface area contributed by atoms with E-state index in [0.29, 0.717) is 0 Å². The first-order chi connectivity index (χ1) is 9.69. The van der Waals surface area contributed by atoms with Crippen LogP contribution in [0.15, 0.2) is 30.3 Å². The zero-order chi connectivity index (χ0) is 14.4. The molecule has 1 aromatic carbocycles. The normalized spacial score (nSPS) is 18.9. The number of halogens is 2. The van der Waals surface area contributed by atoms with Crippen LogP contribution >= 0.6 is 0 Å². The van der Waals surface area contributed by atoms with Crippen molar-refractivity contribution >= 4 is 0 Å². The van der Waals surface area contributed by atoms with Crippen LogP contribution in [0.1, 0.15) is 24.8 Å². The third kappa shape index (κ3) is 4.28. The van der Waals surface area contributed by atoms with Crippen molar-refractivity contribution in [3.8, 4) is 6.07 Å². The number of likely N-dealkylation sites (tertiary alicyclic amines) is 1. The summed E-state index contributed by atoms with van der Waals surface area (Å²) in [4.78, 5) is 2.34. The van der Waals surface area contributed by atoms with Gasteiger partial charge in [0.25, 0.3) is 0 Å². The summed E-state index contributed by atoms with van der Waals surface area (Å²) in [5.74, 6) is -0.366. The highest BCUT2D eigenvalue weighted by Crippen LogP contribution is 2.29. The Balaban J connectivity index is 1.81. The van der Waals surface area contributed by atoms with Crippen molar-refractivity contribution in [1.29, 1.82) is 5.26 Å². The third-order valence-electron chi connectivity index (χ3n) is 4.05.